The van der Waals surface area contributed by atoms with Gasteiger partial charge < -0.3 is 0 Å². The Balaban J connectivity index is 1.98. The van der Waals surface area contributed by atoms with E-state index in [-0.39, 0.29) is 8.27 Å². The Morgan fingerprint density at radius 2 is 1.29 bits per heavy atom. The SMILES string of the molecule is CCCCCc1ccccc1P[PH3]c1ccccc1CCCCC. The first-order valence-corrected chi connectivity index (χ1v) is 13.8. The van der Waals surface area contributed by atoms with Gasteiger partial charge in [-0.1, -0.05) is 0 Å². The van der Waals surface area contributed by atoms with Crippen molar-refractivity contribution in [3.8, 4) is 0 Å². The van der Waals surface area contributed by atoms with E-state index in [0.717, 1.165) is 8.27 Å². The number of hydrogen-bond donors (Lipinski definition) is 0. The van der Waals surface area contributed by atoms with Crippen LogP contribution >= 0.6 is 16.5 Å². The molecule has 0 saturated heterocycles. The Hall–Kier alpha value is -0.700. The fourth-order valence-electron chi connectivity index (χ4n) is 3.21. The van der Waals surface area contributed by atoms with Crippen molar-refractivity contribution in [2.24, 2.45) is 0 Å². The molecule has 0 nitrogen and oxygen atoms in total. The van der Waals surface area contributed by atoms with Crippen molar-refractivity contribution in [3.63, 3.8) is 0 Å². The second-order valence-electron chi connectivity index (χ2n) is 6.69. The standard InChI is InChI=1S/C22H34P2/c1-3-5-7-13-19-15-9-11-17-21(19)23-24-22-18-12-10-16-20(22)14-8-6-4-2/h9-12,15-18,23H,3-8,13-14H2,1-2,24H3. The Morgan fingerprint density at radius 3 is 2.00 bits per heavy atom. The summed E-state index contributed by atoms with van der Waals surface area (Å²) < 4.78 is 0. The normalized spacial score (nSPS) is 11.6. The Bertz CT molecular complexity index is 539. The summed E-state index contributed by atoms with van der Waals surface area (Å²) in [5.74, 6) is 0. The molecule has 0 aliphatic rings. The van der Waals surface area contributed by atoms with Crippen LogP contribution < -0.4 is 10.6 Å². The molecule has 0 fully saturated rings. The van der Waals surface area contributed by atoms with Crippen molar-refractivity contribution in [1.82, 2.24) is 0 Å². The van der Waals surface area contributed by atoms with E-state index in [1.807, 2.05) is 0 Å². The minimum absolute atomic E-state index is 0.195. The summed E-state index contributed by atoms with van der Waals surface area (Å²) in [6.07, 6.45) is 10.6. The average Bonchev–Trinajstić information content (AvgIpc) is 2.62. The van der Waals surface area contributed by atoms with Gasteiger partial charge in [-0.05, 0) is 0 Å². The monoisotopic (exact) mass is 360 g/mol. The average molecular weight is 360 g/mol. The van der Waals surface area contributed by atoms with Gasteiger partial charge in [0.25, 0.3) is 0 Å². The summed E-state index contributed by atoms with van der Waals surface area (Å²) in [6.45, 7) is 4.58. The number of rotatable bonds is 11. The van der Waals surface area contributed by atoms with E-state index in [0.29, 0.717) is 0 Å². The fraction of sp³-hybridized carbons (Fsp3) is 0.455. The maximum absolute atomic E-state index is 2.40. The number of aryl methyl sites for hydroxylation is 2. The third kappa shape index (κ3) is 6.66. The van der Waals surface area contributed by atoms with Crippen LogP contribution in [0.2, 0.25) is 0 Å². The van der Waals surface area contributed by atoms with E-state index in [4.69, 9.17) is 0 Å². The predicted octanol–water partition coefficient (Wildman–Crippen LogP) is 5.84. The van der Waals surface area contributed by atoms with E-state index in [1.165, 1.54) is 51.4 Å². The van der Waals surface area contributed by atoms with E-state index in [9.17, 15) is 0 Å². The quantitative estimate of drug-likeness (QED) is 0.349. The van der Waals surface area contributed by atoms with Gasteiger partial charge >= 0.3 is 152 Å². The molecule has 0 amide bonds. The first-order chi connectivity index (χ1) is 11.8. The molecular formula is C22H34P2. The molecule has 0 aliphatic carbocycles. The van der Waals surface area contributed by atoms with Crippen molar-refractivity contribution in [2.45, 2.75) is 65.2 Å². The summed E-state index contributed by atoms with van der Waals surface area (Å²) in [7, 11) is 0.838. The maximum atomic E-state index is 2.40. The molecule has 24 heavy (non-hydrogen) atoms. The van der Waals surface area contributed by atoms with E-state index in [2.05, 4.69) is 62.4 Å². The molecule has 0 saturated carbocycles. The zero-order valence-corrected chi connectivity index (χ0v) is 17.9. The number of hydrogen-bond acceptors (Lipinski definition) is 0. The molecule has 0 radical (unpaired) electrons. The van der Waals surface area contributed by atoms with Gasteiger partial charge in [0.05, 0.1) is 0 Å². The molecule has 2 heteroatoms. The summed E-state index contributed by atoms with van der Waals surface area (Å²) in [4.78, 5) is 0. The van der Waals surface area contributed by atoms with Gasteiger partial charge in [-0.25, -0.2) is 0 Å². The van der Waals surface area contributed by atoms with Gasteiger partial charge in [-0.3, -0.25) is 0 Å². The molecule has 0 bridgehead atoms. The first-order valence-electron chi connectivity index (χ1n) is 9.73. The van der Waals surface area contributed by atoms with Crippen LogP contribution in [-0.4, -0.2) is 0 Å². The van der Waals surface area contributed by atoms with Crippen LogP contribution in [-0.2, 0) is 12.8 Å². The molecule has 0 aliphatic heterocycles. The van der Waals surface area contributed by atoms with Crippen LogP contribution in [0.4, 0.5) is 0 Å². The summed E-state index contributed by atoms with van der Waals surface area (Å²) >= 11 is 0. The molecule has 2 aromatic rings. The van der Waals surface area contributed by atoms with Gasteiger partial charge in [0.15, 0.2) is 0 Å². The molecule has 1 atom stereocenters. The molecule has 0 heterocycles. The molecule has 2 aromatic carbocycles. The third-order valence-electron chi connectivity index (χ3n) is 4.70. The van der Waals surface area contributed by atoms with Crippen molar-refractivity contribution in [1.29, 1.82) is 0 Å². The van der Waals surface area contributed by atoms with Gasteiger partial charge in [0, 0.05) is 0 Å². The Labute approximate surface area is 152 Å². The molecule has 0 N–H and O–H groups in total. The molecule has 132 valence electrons. The predicted molar refractivity (Wildman–Crippen MR) is 118 cm³/mol. The summed E-state index contributed by atoms with van der Waals surface area (Å²) in [5, 5.41) is 3.35. The van der Waals surface area contributed by atoms with Crippen LogP contribution in [0.15, 0.2) is 48.5 Å². The van der Waals surface area contributed by atoms with Gasteiger partial charge in [0.1, 0.15) is 0 Å². The Kier molecular flexibility index (Phi) is 9.64. The van der Waals surface area contributed by atoms with E-state index in [1.54, 1.807) is 21.7 Å². The van der Waals surface area contributed by atoms with E-state index >= 15 is 0 Å². The van der Waals surface area contributed by atoms with Crippen LogP contribution in [0.1, 0.15) is 63.5 Å². The third-order valence-corrected chi connectivity index (χ3v) is 9.64. The van der Waals surface area contributed by atoms with Gasteiger partial charge in [0.2, 0.25) is 0 Å². The zero-order valence-electron chi connectivity index (χ0n) is 15.5. The van der Waals surface area contributed by atoms with Crippen LogP contribution in [0.5, 0.6) is 0 Å². The van der Waals surface area contributed by atoms with Gasteiger partial charge in [-0.15, -0.1) is 0 Å². The molecule has 1 unspecified atom stereocenters. The molecule has 0 aromatic heterocycles. The number of unbranched alkanes of at least 4 members (excludes halogenated alkanes) is 4. The zero-order chi connectivity index (χ0) is 17.0. The Morgan fingerprint density at radius 1 is 0.708 bits per heavy atom. The molecular weight excluding hydrogens is 326 g/mol. The van der Waals surface area contributed by atoms with Crippen molar-refractivity contribution in [3.05, 3.63) is 59.7 Å². The van der Waals surface area contributed by atoms with Crippen LogP contribution in [0.3, 0.4) is 0 Å². The second-order valence-corrected chi connectivity index (χ2v) is 10.8. The molecule has 0 spiro atoms. The van der Waals surface area contributed by atoms with Crippen molar-refractivity contribution < 1.29 is 0 Å². The van der Waals surface area contributed by atoms with Crippen molar-refractivity contribution in [2.75, 3.05) is 0 Å². The van der Waals surface area contributed by atoms with Gasteiger partial charge in [-0.2, -0.15) is 0 Å². The summed E-state index contributed by atoms with van der Waals surface area (Å²) in [6, 6.07) is 18.4. The first kappa shape index (κ1) is 19.6. The topological polar surface area (TPSA) is 0 Å². The van der Waals surface area contributed by atoms with Crippen LogP contribution in [0.25, 0.3) is 0 Å². The van der Waals surface area contributed by atoms with E-state index < -0.39 is 0 Å². The number of benzene rings is 2. The fourth-order valence-corrected chi connectivity index (χ4v) is 8.22. The van der Waals surface area contributed by atoms with Crippen LogP contribution in [0, 0.1) is 0 Å². The second kappa shape index (κ2) is 11.8. The van der Waals surface area contributed by atoms with Crippen molar-refractivity contribution >= 4 is 27.1 Å². The molecule has 2 rings (SSSR count). The minimum atomic E-state index is -0.195. The summed E-state index contributed by atoms with van der Waals surface area (Å²) in [5.41, 5.74) is 3.24.